The molecular weight excluding hydrogens is 200 g/mol. The Morgan fingerprint density at radius 3 is 2.75 bits per heavy atom. The van der Waals surface area contributed by atoms with Crippen molar-refractivity contribution in [3.8, 4) is 0 Å². The minimum atomic E-state index is 0.474. The molecule has 96 valence electrons. The Hall–Kier alpha value is -0.120. The molecule has 1 aliphatic heterocycles. The fraction of sp³-hybridized carbons (Fsp3) is 1.00. The van der Waals surface area contributed by atoms with E-state index >= 15 is 0 Å². The van der Waals surface area contributed by atoms with Crippen molar-refractivity contribution >= 4 is 0 Å². The first-order valence-electron chi connectivity index (χ1n) is 6.68. The van der Waals surface area contributed by atoms with Crippen LogP contribution in [-0.4, -0.2) is 49.8 Å². The van der Waals surface area contributed by atoms with Crippen molar-refractivity contribution < 1.29 is 4.74 Å². The van der Waals surface area contributed by atoms with Gasteiger partial charge in [0.25, 0.3) is 0 Å². The van der Waals surface area contributed by atoms with Crippen LogP contribution in [0.3, 0.4) is 0 Å². The number of hydrogen-bond donors (Lipinski definition) is 1. The van der Waals surface area contributed by atoms with E-state index in [9.17, 15) is 0 Å². The lowest BCUT2D eigenvalue weighted by Gasteiger charge is -2.29. The third-order valence-electron chi connectivity index (χ3n) is 3.52. The lowest BCUT2D eigenvalue weighted by atomic mass is 10.1. The Bertz CT molecular complexity index is 181. The van der Waals surface area contributed by atoms with Gasteiger partial charge in [0.05, 0.1) is 6.10 Å². The molecule has 0 aromatic rings. The van der Waals surface area contributed by atoms with Crippen molar-refractivity contribution in [1.29, 1.82) is 0 Å². The second kappa shape index (κ2) is 7.25. The summed E-state index contributed by atoms with van der Waals surface area (Å²) in [6, 6.07) is 1.23. The van der Waals surface area contributed by atoms with Crippen LogP contribution >= 0.6 is 0 Å². The smallest absolute Gasteiger partial charge is 0.0702 e. The molecule has 0 amide bonds. The van der Waals surface area contributed by atoms with Gasteiger partial charge in [0, 0.05) is 25.2 Å². The molecule has 0 bridgehead atoms. The Kier molecular flexibility index (Phi) is 6.32. The summed E-state index contributed by atoms with van der Waals surface area (Å²) in [5.41, 5.74) is 0. The standard InChI is InChI=1S/C13H28N2O/c1-5-14-11(2)9-12(3)15(4)10-13-7-6-8-16-13/h11-14H,5-10H2,1-4H3. The molecule has 16 heavy (non-hydrogen) atoms. The Labute approximate surface area is 101 Å². The van der Waals surface area contributed by atoms with Crippen molar-refractivity contribution in [3.05, 3.63) is 0 Å². The van der Waals surface area contributed by atoms with Crippen molar-refractivity contribution in [1.82, 2.24) is 10.2 Å². The van der Waals surface area contributed by atoms with Gasteiger partial charge >= 0.3 is 0 Å². The number of rotatable bonds is 7. The SMILES string of the molecule is CCNC(C)CC(C)N(C)CC1CCCO1. The van der Waals surface area contributed by atoms with E-state index in [0.717, 1.165) is 19.7 Å². The van der Waals surface area contributed by atoms with Gasteiger partial charge in [0.1, 0.15) is 0 Å². The number of nitrogens with zero attached hydrogens (tertiary/aromatic N) is 1. The van der Waals surface area contributed by atoms with E-state index in [-0.39, 0.29) is 0 Å². The second-order valence-corrected chi connectivity index (χ2v) is 5.12. The van der Waals surface area contributed by atoms with E-state index in [1.807, 2.05) is 0 Å². The van der Waals surface area contributed by atoms with Gasteiger partial charge in [-0.3, -0.25) is 0 Å². The first-order valence-corrected chi connectivity index (χ1v) is 6.68. The zero-order valence-corrected chi connectivity index (χ0v) is 11.3. The molecule has 3 atom stereocenters. The zero-order valence-electron chi connectivity index (χ0n) is 11.3. The predicted molar refractivity (Wildman–Crippen MR) is 68.8 cm³/mol. The fourth-order valence-electron chi connectivity index (χ4n) is 2.41. The molecule has 1 rings (SSSR count). The normalized spacial score (nSPS) is 24.9. The quantitative estimate of drug-likeness (QED) is 0.720. The van der Waals surface area contributed by atoms with Gasteiger partial charge in [-0.1, -0.05) is 6.92 Å². The summed E-state index contributed by atoms with van der Waals surface area (Å²) in [5.74, 6) is 0. The maximum Gasteiger partial charge on any atom is 0.0702 e. The van der Waals surface area contributed by atoms with Crippen LogP contribution in [0, 0.1) is 0 Å². The van der Waals surface area contributed by atoms with E-state index in [1.54, 1.807) is 0 Å². The highest BCUT2D eigenvalue weighted by atomic mass is 16.5. The molecule has 0 aliphatic carbocycles. The Morgan fingerprint density at radius 2 is 2.19 bits per heavy atom. The number of likely N-dealkylation sites (N-methyl/N-ethyl adjacent to an activating group) is 1. The van der Waals surface area contributed by atoms with Gasteiger partial charge in [-0.2, -0.15) is 0 Å². The van der Waals surface area contributed by atoms with E-state index in [0.29, 0.717) is 18.2 Å². The summed E-state index contributed by atoms with van der Waals surface area (Å²) in [5, 5.41) is 3.47. The van der Waals surface area contributed by atoms with Gasteiger partial charge in [-0.05, 0) is 46.7 Å². The van der Waals surface area contributed by atoms with Gasteiger partial charge in [-0.15, -0.1) is 0 Å². The topological polar surface area (TPSA) is 24.5 Å². The second-order valence-electron chi connectivity index (χ2n) is 5.12. The maximum absolute atomic E-state index is 5.67. The highest BCUT2D eigenvalue weighted by Gasteiger charge is 2.20. The molecular formula is C13H28N2O. The monoisotopic (exact) mass is 228 g/mol. The van der Waals surface area contributed by atoms with Gasteiger partial charge < -0.3 is 15.0 Å². The summed E-state index contributed by atoms with van der Waals surface area (Å²) < 4.78 is 5.67. The molecule has 1 aliphatic rings. The summed E-state index contributed by atoms with van der Waals surface area (Å²) in [6.45, 7) is 9.84. The fourth-order valence-corrected chi connectivity index (χ4v) is 2.41. The lowest BCUT2D eigenvalue weighted by Crippen LogP contribution is -2.40. The highest BCUT2D eigenvalue weighted by Crippen LogP contribution is 2.15. The zero-order chi connectivity index (χ0) is 12.0. The highest BCUT2D eigenvalue weighted by molar-refractivity contribution is 4.75. The molecule has 1 N–H and O–H groups in total. The molecule has 3 heteroatoms. The van der Waals surface area contributed by atoms with Crippen molar-refractivity contribution in [2.24, 2.45) is 0 Å². The number of ether oxygens (including phenoxy) is 1. The minimum absolute atomic E-state index is 0.474. The Morgan fingerprint density at radius 1 is 1.44 bits per heavy atom. The first kappa shape index (κ1) is 13.9. The summed E-state index contributed by atoms with van der Waals surface area (Å²) in [4.78, 5) is 2.43. The third-order valence-corrected chi connectivity index (χ3v) is 3.52. The van der Waals surface area contributed by atoms with Crippen LogP contribution in [0.25, 0.3) is 0 Å². The molecule has 0 aromatic heterocycles. The molecule has 0 spiro atoms. The number of nitrogens with one attached hydrogen (secondary N) is 1. The van der Waals surface area contributed by atoms with Crippen molar-refractivity contribution in [2.75, 3.05) is 26.7 Å². The van der Waals surface area contributed by atoms with Crippen LogP contribution < -0.4 is 5.32 Å². The van der Waals surface area contributed by atoms with Crippen LogP contribution in [0.4, 0.5) is 0 Å². The number of hydrogen-bond acceptors (Lipinski definition) is 3. The average molecular weight is 228 g/mol. The average Bonchev–Trinajstić information content (AvgIpc) is 2.70. The lowest BCUT2D eigenvalue weighted by molar-refractivity contribution is 0.0678. The summed E-state index contributed by atoms with van der Waals surface area (Å²) in [6.07, 6.45) is 4.15. The van der Waals surface area contributed by atoms with E-state index in [2.05, 4.69) is 38.0 Å². The molecule has 1 saturated heterocycles. The van der Waals surface area contributed by atoms with E-state index in [4.69, 9.17) is 4.74 Å². The summed E-state index contributed by atoms with van der Waals surface area (Å²) in [7, 11) is 2.21. The van der Waals surface area contributed by atoms with Crippen molar-refractivity contribution in [2.45, 2.75) is 58.2 Å². The van der Waals surface area contributed by atoms with E-state index < -0.39 is 0 Å². The third kappa shape index (κ3) is 4.81. The largest absolute Gasteiger partial charge is 0.377 e. The van der Waals surface area contributed by atoms with Crippen LogP contribution in [0.1, 0.15) is 40.0 Å². The summed E-state index contributed by atoms with van der Waals surface area (Å²) >= 11 is 0. The van der Waals surface area contributed by atoms with Crippen LogP contribution in [0.2, 0.25) is 0 Å². The van der Waals surface area contributed by atoms with Gasteiger partial charge in [0.2, 0.25) is 0 Å². The first-order chi connectivity index (χ1) is 7.63. The predicted octanol–water partition coefficient (Wildman–Crippen LogP) is 1.87. The van der Waals surface area contributed by atoms with E-state index in [1.165, 1.54) is 19.3 Å². The molecule has 3 nitrogen and oxygen atoms in total. The van der Waals surface area contributed by atoms with Crippen LogP contribution in [0.15, 0.2) is 0 Å². The van der Waals surface area contributed by atoms with Crippen molar-refractivity contribution in [3.63, 3.8) is 0 Å². The molecule has 0 aromatic carbocycles. The van der Waals surface area contributed by atoms with Gasteiger partial charge in [-0.25, -0.2) is 0 Å². The van der Waals surface area contributed by atoms with Gasteiger partial charge in [0.15, 0.2) is 0 Å². The Balaban J connectivity index is 2.20. The van der Waals surface area contributed by atoms with Crippen LogP contribution in [0.5, 0.6) is 0 Å². The molecule has 1 fully saturated rings. The molecule has 1 heterocycles. The maximum atomic E-state index is 5.67. The van der Waals surface area contributed by atoms with Crippen LogP contribution in [-0.2, 0) is 4.74 Å². The molecule has 0 saturated carbocycles. The molecule has 0 radical (unpaired) electrons. The molecule has 3 unspecified atom stereocenters. The minimum Gasteiger partial charge on any atom is -0.377 e.